The molecule has 92 valence electrons. The van der Waals surface area contributed by atoms with Crippen LogP contribution in [-0.2, 0) is 6.42 Å². The van der Waals surface area contributed by atoms with Gasteiger partial charge in [-0.15, -0.1) is 11.3 Å². The SMILES string of the molecule is Cc1csc2c(NCCc3ncno3)ncnc12. The van der Waals surface area contributed by atoms with Crippen molar-refractivity contribution in [2.45, 2.75) is 13.3 Å². The molecule has 0 radical (unpaired) electrons. The van der Waals surface area contributed by atoms with E-state index in [-0.39, 0.29) is 0 Å². The second-order valence-corrected chi connectivity index (χ2v) is 4.71. The van der Waals surface area contributed by atoms with Gasteiger partial charge in [0.15, 0.2) is 6.33 Å². The molecule has 1 N–H and O–H groups in total. The lowest BCUT2D eigenvalue weighted by molar-refractivity contribution is 0.380. The Hall–Kier alpha value is -2.02. The Morgan fingerprint density at radius 2 is 2.22 bits per heavy atom. The zero-order valence-electron chi connectivity index (χ0n) is 9.75. The van der Waals surface area contributed by atoms with Crippen LogP contribution in [0, 0.1) is 6.92 Å². The van der Waals surface area contributed by atoms with Crippen LogP contribution in [0.25, 0.3) is 10.2 Å². The number of aryl methyl sites for hydroxylation is 1. The van der Waals surface area contributed by atoms with Crippen LogP contribution in [0.1, 0.15) is 11.5 Å². The van der Waals surface area contributed by atoms with Crippen LogP contribution in [0.4, 0.5) is 5.82 Å². The predicted octanol–water partition coefficient (Wildman–Crippen LogP) is 2.04. The molecule has 0 aliphatic rings. The molecule has 6 nitrogen and oxygen atoms in total. The molecule has 0 atom stereocenters. The van der Waals surface area contributed by atoms with E-state index >= 15 is 0 Å². The van der Waals surface area contributed by atoms with Gasteiger partial charge < -0.3 is 9.84 Å². The minimum absolute atomic E-state index is 0.621. The van der Waals surface area contributed by atoms with E-state index in [2.05, 4.69) is 30.8 Å². The Morgan fingerprint density at radius 1 is 1.28 bits per heavy atom. The van der Waals surface area contributed by atoms with E-state index in [0.29, 0.717) is 18.9 Å². The smallest absolute Gasteiger partial charge is 0.228 e. The molecule has 0 aromatic carbocycles. The summed E-state index contributed by atoms with van der Waals surface area (Å²) in [6.45, 7) is 2.75. The summed E-state index contributed by atoms with van der Waals surface area (Å²) in [5.74, 6) is 1.48. The zero-order valence-corrected chi connectivity index (χ0v) is 10.6. The van der Waals surface area contributed by atoms with E-state index in [1.54, 1.807) is 17.7 Å². The van der Waals surface area contributed by atoms with Crippen molar-refractivity contribution in [3.63, 3.8) is 0 Å². The predicted molar refractivity (Wildman–Crippen MR) is 68.6 cm³/mol. The van der Waals surface area contributed by atoms with E-state index < -0.39 is 0 Å². The highest BCUT2D eigenvalue weighted by Crippen LogP contribution is 2.28. The zero-order chi connectivity index (χ0) is 12.4. The van der Waals surface area contributed by atoms with Gasteiger partial charge in [-0.1, -0.05) is 5.16 Å². The molecule has 3 aromatic heterocycles. The molecule has 18 heavy (non-hydrogen) atoms. The Kier molecular flexibility index (Phi) is 2.89. The standard InChI is InChI=1S/C11H11N5OS/c1-7-4-18-10-9(7)14-5-15-11(10)12-3-2-8-13-6-16-17-8/h4-6H,2-3H2,1H3,(H,12,14,15). The Balaban J connectivity index is 1.74. The molecular weight excluding hydrogens is 250 g/mol. The molecule has 0 spiro atoms. The second-order valence-electron chi connectivity index (χ2n) is 3.83. The molecule has 0 aliphatic heterocycles. The molecule has 7 heteroatoms. The summed E-state index contributed by atoms with van der Waals surface area (Å²) >= 11 is 1.65. The molecule has 0 unspecified atom stereocenters. The maximum Gasteiger partial charge on any atom is 0.228 e. The molecule has 0 fully saturated rings. The number of nitrogens with one attached hydrogen (secondary N) is 1. The number of anilines is 1. The molecule has 0 aliphatic carbocycles. The van der Waals surface area contributed by atoms with Crippen molar-refractivity contribution in [2.75, 3.05) is 11.9 Å². The minimum atomic E-state index is 0.621. The van der Waals surface area contributed by atoms with Crippen LogP contribution in [0.3, 0.4) is 0 Å². The topological polar surface area (TPSA) is 76.7 Å². The van der Waals surface area contributed by atoms with Gasteiger partial charge in [0.05, 0.1) is 10.2 Å². The van der Waals surface area contributed by atoms with Gasteiger partial charge in [-0.25, -0.2) is 9.97 Å². The van der Waals surface area contributed by atoms with Crippen molar-refractivity contribution < 1.29 is 4.52 Å². The summed E-state index contributed by atoms with van der Waals surface area (Å²) in [7, 11) is 0. The fourth-order valence-electron chi connectivity index (χ4n) is 1.69. The van der Waals surface area contributed by atoms with Crippen LogP contribution >= 0.6 is 11.3 Å². The van der Waals surface area contributed by atoms with Gasteiger partial charge in [0.2, 0.25) is 5.89 Å². The highest BCUT2D eigenvalue weighted by atomic mass is 32.1. The summed E-state index contributed by atoms with van der Waals surface area (Å²) in [4.78, 5) is 12.5. The number of hydrogen-bond acceptors (Lipinski definition) is 7. The number of rotatable bonds is 4. The van der Waals surface area contributed by atoms with Crippen molar-refractivity contribution in [3.05, 3.63) is 29.5 Å². The highest BCUT2D eigenvalue weighted by Gasteiger charge is 2.07. The highest BCUT2D eigenvalue weighted by molar-refractivity contribution is 7.18. The summed E-state index contributed by atoms with van der Waals surface area (Å²) in [5, 5.41) is 8.92. The fourth-order valence-corrected chi connectivity index (χ4v) is 2.66. The first kappa shape index (κ1) is 11.1. The Labute approximate surface area is 107 Å². The molecule has 0 saturated heterocycles. The fraction of sp³-hybridized carbons (Fsp3) is 0.273. The van der Waals surface area contributed by atoms with E-state index in [0.717, 1.165) is 16.0 Å². The molecule has 0 amide bonds. The second kappa shape index (κ2) is 4.69. The minimum Gasteiger partial charge on any atom is -0.368 e. The molecular formula is C11H11N5OS. The number of aromatic nitrogens is 4. The number of fused-ring (bicyclic) bond motifs is 1. The van der Waals surface area contributed by atoms with Gasteiger partial charge in [0.1, 0.15) is 12.1 Å². The summed E-state index contributed by atoms with van der Waals surface area (Å²) in [6.07, 6.45) is 3.66. The van der Waals surface area contributed by atoms with E-state index in [1.165, 1.54) is 11.9 Å². The van der Waals surface area contributed by atoms with Crippen molar-refractivity contribution >= 4 is 27.4 Å². The van der Waals surface area contributed by atoms with Gasteiger partial charge in [0, 0.05) is 13.0 Å². The van der Waals surface area contributed by atoms with Crippen LogP contribution in [0.15, 0.2) is 22.6 Å². The lowest BCUT2D eigenvalue weighted by atomic mass is 10.3. The summed E-state index contributed by atoms with van der Waals surface area (Å²) in [5.41, 5.74) is 2.19. The molecule has 3 rings (SSSR count). The normalized spacial score (nSPS) is 10.9. The molecule has 0 saturated carbocycles. The number of nitrogens with zero attached hydrogens (tertiary/aromatic N) is 4. The van der Waals surface area contributed by atoms with Crippen molar-refractivity contribution in [1.82, 2.24) is 20.1 Å². The van der Waals surface area contributed by atoms with Crippen LogP contribution in [0.5, 0.6) is 0 Å². The largest absolute Gasteiger partial charge is 0.368 e. The van der Waals surface area contributed by atoms with E-state index in [1.807, 2.05) is 6.92 Å². The summed E-state index contributed by atoms with van der Waals surface area (Å²) in [6, 6.07) is 0. The van der Waals surface area contributed by atoms with Gasteiger partial charge in [0.25, 0.3) is 0 Å². The van der Waals surface area contributed by atoms with Gasteiger partial charge in [-0.2, -0.15) is 4.98 Å². The van der Waals surface area contributed by atoms with Crippen molar-refractivity contribution in [3.8, 4) is 0 Å². The maximum atomic E-state index is 4.93. The number of thiophene rings is 1. The lowest BCUT2D eigenvalue weighted by Gasteiger charge is -2.04. The van der Waals surface area contributed by atoms with Gasteiger partial charge >= 0.3 is 0 Å². The summed E-state index contributed by atoms with van der Waals surface area (Å²) < 4.78 is 6.02. The lowest BCUT2D eigenvalue weighted by Crippen LogP contribution is -2.06. The van der Waals surface area contributed by atoms with E-state index in [4.69, 9.17) is 4.52 Å². The third kappa shape index (κ3) is 2.04. The maximum absolute atomic E-state index is 4.93. The molecule has 3 aromatic rings. The Bertz CT molecular complexity index is 649. The third-order valence-electron chi connectivity index (χ3n) is 2.57. The number of hydrogen-bond donors (Lipinski definition) is 1. The van der Waals surface area contributed by atoms with Gasteiger partial charge in [-0.3, -0.25) is 0 Å². The molecule has 0 bridgehead atoms. The average molecular weight is 261 g/mol. The van der Waals surface area contributed by atoms with E-state index in [9.17, 15) is 0 Å². The molecule has 3 heterocycles. The first-order valence-corrected chi connectivity index (χ1v) is 6.41. The average Bonchev–Trinajstić information content (AvgIpc) is 3.01. The third-order valence-corrected chi connectivity index (χ3v) is 3.66. The monoisotopic (exact) mass is 261 g/mol. The Morgan fingerprint density at radius 3 is 3.06 bits per heavy atom. The van der Waals surface area contributed by atoms with Crippen molar-refractivity contribution in [2.24, 2.45) is 0 Å². The first-order chi connectivity index (χ1) is 8.84. The van der Waals surface area contributed by atoms with Crippen LogP contribution in [-0.4, -0.2) is 26.7 Å². The quantitative estimate of drug-likeness (QED) is 0.774. The van der Waals surface area contributed by atoms with Crippen molar-refractivity contribution in [1.29, 1.82) is 0 Å². The first-order valence-electron chi connectivity index (χ1n) is 5.53. The van der Waals surface area contributed by atoms with Gasteiger partial charge in [-0.05, 0) is 17.9 Å². The van der Waals surface area contributed by atoms with Crippen LogP contribution in [0.2, 0.25) is 0 Å². The van der Waals surface area contributed by atoms with Crippen LogP contribution < -0.4 is 5.32 Å².